The second kappa shape index (κ2) is 10.3. The van der Waals surface area contributed by atoms with Crippen molar-refractivity contribution in [3.63, 3.8) is 0 Å². The molecular formula is C42H28N2O. The minimum Gasteiger partial charge on any atom is -0.456 e. The lowest BCUT2D eigenvalue weighted by Crippen LogP contribution is -2.13. The van der Waals surface area contributed by atoms with Gasteiger partial charge in [0.05, 0.1) is 16.7 Å². The van der Waals surface area contributed by atoms with Crippen molar-refractivity contribution in [2.75, 3.05) is 4.90 Å². The van der Waals surface area contributed by atoms with Crippen LogP contribution >= 0.6 is 0 Å². The highest BCUT2D eigenvalue weighted by molar-refractivity contribution is 6.17. The average molecular weight is 577 g/mol. The quantitative estimate of drug-likeness (QED) is 0.203. The van der Waals surface area contributed by atoms with E-state index in [1.165, 1.54) is 16.3 Å². The summed E-state index contributed by atoms with van der Waals surface area (Å²) in [5, 5.41) is 4.66. The molecule has 0 N–H and O–H groups in total. The van der Waals surface area contributed by atoms with E-state index in [9.17, 15) is 0 Å². The van der Waals surface area contributed by atoms with Crippen molar-refractivity contribution in [3.8, 4) is 16.8 Å². The topological polar surface area (TPSA) is 21.3 Å². The molecule has 45 heavy (non-hydrogen) atoms. The van der Waals surface area contributed by atoms with Crippen LogP contribution in [0.3, 0.4) is 0 Å². The molecule has 0 aliphatic rings. The molecule has 2 heterocycles. The summed E-state index contributed by atoms with van der Waals surface area (Å²) in [6.07, 6.45) is 0. The van der Waals surface area contributed by atoms with Crippen LogP contribution < -0.4 is 4.90 Å². The van der Waals surface area contributed by atoms with Crippen LogP contribution in [0.5, 0.6) is 0 Å². The van der Waals surface area contributed by atoms with Gasteiger partial charge < -0.3 is 13.9 Å². The monoisotopic (exact) mass is 576 g/mol. The van der Waals surface area contributed by atoms with E-state index in [1.54, 1.807) is 0 Å². The van der Waals surface area contributed by atoms with E-state index in [1.807, 2.05) is 12.1 Å². The van der Waals surface area contributed by atoms with Gasteiger partial charge >= 0.3 is 0 Å². The summed E-state index contributed by atoms with van der Waals surface area (Å²) in [7, 11) is 0. The summed E-state index contributed by atoms with van der Waals surface area (Å²) < 4.78 is 8.85. The Balaban J connectivity index is 1.45. The summed E-state index contributed by atoms with van der Waals surface area (Å²) in [5.74, 6) is 0. The number of fused-ring (bicyclic) bond motifs is 6. The zero-order valence-electron chi connectivity index (χ0n) is 24.5. The Labute approximate surface area is 260 Å². The number of aromatic nitrogens is 1. The predicted octanol–water partition coefficient (Wildman–Crippen LogP) is 11.8. The molecular weight excluding hydrogens is 548 g/mol. The van der Waals surface area contributed by atoms with E-state index >= 15 is 0 Å². The molecule has 0 aliphatic carbocycles. The lowest BCUT2D eigenvalue weighted by atomic mass is 9.98. The van der Waals surface area contributed by atoms with Crippen molar-refractivity contribution in [2.24, 2.45) is 0 Å². The van der Waals surface area contributed by atoms with E-state index in [0.717, 1.165) is 61.3 Å². The van der Waals surface area contributed by atoms with Gasteiger partial charge in [0.25, 0.3) is 0 Å². The molecule has 212 valence electrons. The number of para-hydroxylation sites is 4. The Kier molecular flexibility index (Phi) is 5.82. The van der Waals surface area contributed by atoms with Crippen LogP contribution in [0.25, 0.3) is 60.6 Å². The van der Waals surface area contributed by atoms with Crippen molar-refractivity contribution in [3.05, 3.63) is 170 Å². The molecule has 0 atom stereocenters. The molecule has 3 nitrogen and oxygen atoms in total. The van der Waals surface area contributed by atoms with Gasteiger partial charge in [-0.25, -0.2) is 0 Å². The van der Waals surface area contributed by atoms with Crippen LogP contribution in [0.1, 0.15) is 0 Å². The van der Waals surface area contributed by atoms with Gasteiger partial charge in [0.2, 0.25) is 0 Å². The molecule has 0 saturated heterocycles. The third-order valence-corrected chi connectivity index (χ3v) is 8.77. The second-order valence-corrected chi connectivity index (χ2v) is 11.4. The van der Waals surface area contributed by atoms with Gasteiger partial charge in [0.1, 0.15) is 11.2 Å². The zero-order valence-corrected chi connectivity index (χ0v) is 24.5. The lowest BCUT2D eigenvalue weighted by Gasteiger charge is -2.29. The molecule has 2 aromatic heterocycles. The lowest BCUT2D eigenvalue weighted by molar-refractivity contribution is 0.669. The second-order valence-electron chi connectivity index (χ2n) is 11.4. The summed E-state index contributed by atoms with van der Waals surface area (Å²) >= 11 is 0. The molecule has 0 fully saturated rings. The normalized spacial score (nSPS) is 11.6. The molecule has 3 heteroatoms. The Morgan fingerprint density at radius 1 is 0.444 bits per heavy atom. The van der Waals surface area contributed by atoms with E-state index in [4.69, 9.17) is 4.42 Å². The number of nitrogens with zero attached hydrogens (tertiary/aromatic N) is 2. The van der Waals surface area contributed by atoms with E-state index in [2.05, 4.69) is 167 Å². The number of rotatable bonds is 5. The number of furan rings is 1. The van der Waals surface area contributed by atoms with Gasteiger partial charge in [0, 0.05) is 50.2 Å². The molecule has 9 aromatic rings. The number of benzene rings is 7. The number of hydrogen-bond acceptors (Lipinski definition) is 2. The summed E-state index contributed by atoms with van der Waals surface area (Å²) in [6.45, 7) is 0. The maximum Gasteiger partial charge on any atom is 0.137 e. The van der Waals surface area contributed by atoms with Gasteiger partial charge in [-0.05, 0) is 54.1 Å². The van der Waals surface area contributed by atoms with E-state index in [-0.39, 0.29) is 0 Å². The first-order valence-corrected chi connectivity index (χ1v) is 15.3. The Hall–Kier alpha value is -6.06. The van der Waals surface area contributed by atoms with Crippen molar-refractivity contribution in [1.29, 1.82) is 0 Å². The molecule has 0 bridgehead atoms. The fourth-order valence-corrected chi connectivity index (χ4v) is 6.80. The standard InChI is InChI=1S/C42H28N2O/c1-4-14-29(15-5-1)33-26-27-37-34-20-10-12-22-38(34)44(31-18-8-3-9-19-31)42(37)41(33)43(30-16-6-2-7-17-30)32-24-25-36-35-21-11-13-23-39(35)45-40(36)28-32/h1-28H. The highest BCUT2D eigenvalue weighted by Gasteiger charge is 2.25. The average Bonchev–Trinajstić information content (AvgIpc) is 3.65. The summed E-state index contributed by atoms with van der Waals surface area (Å²) in [5.41, 5.74) is 10.7. The first kappa shape index (κ1) is 25.4. The van der Waals surface area contributed by atoms with Gasteiger partial charge in [-0.3, -0.25) is 0 Å². The predicted molar refractivity (Wildman–Crippen MR) is 188 cm³/mol. The molecule has 0 radical (unpaired) electrons. The highest BCUT2D eigenvalue weighted by Crippen LogP contribution is 2.48. The number of anilines is 3. The summed E-state index contributed by atoms with van der Waals surface area (Å²) in [6, 6.07) is 60.2. The molecule has 0 amide bonds. The molecule has 0 spiro atoms. The molecule has 0 unspecified atom stereocenters. The SMILES string of the molecule is c1ccc(-c2ccc3c4ccccc4n(-c4ccccc4)c3c2N(c2ccccc2)c2ccc3c(c2)oc2ccccc23)cc1. The van der Waals surface area contributed by atoms with Crippen LogP contribution in [-0.4, -0.2) is 4.57 Å². The minimum absolute atomic E-state index is 0.867. The molecule has 0 saturated carbocycles. The maximum atomic E-state index is 6.43. The van der Waals surface area contributed by atoms with Crippen molar-refractivity contribution in [1.82, 2.24) is 4.57 Å². The van der Waals surface area contributed by atoms with Crippen LogP contribution in [0.15, 0.2) is 174 Å². The van der Waals surface area contributed by atoms with Crippen LogP contribution in [0.2, 0.25) is 0 Å². The molecule has 0 aliphatic heterocycles. The van der Waals surface area contributed by atoms with E-state index < -0.39 is 0 Å². The molecule has 7 aromatic carbocycles. The third kappa shape index (κ3) is 4.05. The smallest absolute Gasteiger partial charge is 0.137 e. The fourth-order valence-electron chi connectivity index (χ4n) is 6.80. The van der Waals surface area contributed by atoms with Gasteiger partial charge in [-0.1, -0.05) is 115 Å². The van der Waals surface area contributed by atoms with E-state index in [0.29, 0.717) is 0 Å². The minimum atomic E-state index is 0.867. The largest absolute Gasteiger partial charge is 0.456 e. The first-order chi connectivity index (χ1) is 22.3. The maximum absolute atomic E-state index is 6.43. The van der Waals surface area contributed by atoms with Gasteiger partial charge in [0.15, 0.2) is 0 Å². The van der Waals surface area contributed by atoms with Crippen LogP contribution in [-0.2, 0) is 0 Å². The Morgan fingerprint density at radius 2 is 1.07 bits per heavy atom. The number of hydrogen-bond donors (Lipinski definition) is 0. The first-order valence-electron chi connectivity index (χ1n) is 15.3. The Bertz CT molecular complexity index is 2470. The Morgan fingerprint density at radius 3 is 1.87 bits per heavy atom. The van der Waals surface area contributed by atoms with Crippen molar-refractivity contribution >= 4 is 60.8 Å². The van der Waals surface area contributed by atoms with Crippen molar-refractivity contribution in [2.45, 2.75) is 0 Å². The molecule has 9 rings (SSSR count). The van der Waals surface area contributed by atoms with Gasteiger partial charge in [-0.2, -0.15) is 0 Å². The van der Waals surface area contributed by atoms with Crippen molar-refractivity contribution < 1.29 is 4.42 Å². The van der Waals surface area contributed by atoms with Crippen LogP contribution in [0.4, 0.5) is 17.1 Å². The fraction of sp³-hybridized carbons (Fsp3) is 0. The summed E-state index contributed by atoms with van der Waals surface area (Å²) in [4.78, 5) is 2.40. The van der Waals surface area contributed by atoms with Gasteiger partial charge in [-0.15, -0.1) is 0 Å². The zero-order chi connectivity index (χ0) is 29.7. The highest BCUT2D eigenvalue weighted by atomic mass is 16.3. The van der Waals surface area contributed by atoms with Crippen LogP contribution in [0, 0.1) is 0 Å². The third-order valence-electron chi connectivity index (χ3n) is 8.77.